The van der Waals surface area contributed by atoms with Crippen LogP contribution in [0.4, 0.5) is 0 Å². The van der Waals surface area contributed by atoms with Gasteiger partial charge in [-0.2, -0.15) is 0 Å². The Balaban J connectivity index is 0.000000215. The summed E-state index contributed by atoms with van der Waals surface area (Å²) in [6.07, 6.45) is 2.69. The number of para-hydroxylation sites is 1. The van der Waals surface area contributed by atoms with Crippen molar-refractivity contribution >= 4 is 44.8 Å². The molecule has 44 heavy (non-hydrogen) atoms. The van der Waals surface area contributed by atoms with Gasteiger partial charge in [0.05, 0.1) is 17.1 Å². The van der Waals surface area contributed by atoms with E-state index in [0.29, 0.717) is 27.9 Å². The van der Waals surface area contributed by atoms with Crippen molar-refractivity contribution in [2.24, 2.45) is 5.41 Å². The number of hydrogen-bond donors (Lipinski definition) is 1. The van der Waals surface area contributed by atoms with Crippen molar-refractivity contribution in [2.75, 3.05) is 13.1 Å². The number of nitrogens with zero attached hydrogens (tertiary/aromatic N) is 3. The first-order chi connectivity index (χ1) is 20.8. The highest BCUT2D eigenvalue weighted by Crippen LogP contribution is 2.30. The normalized spacial score (nSPS) is 11.8. The summed E-state index contributed by atoms with van der Waals surface area (Å²) < 4.78 is 6.39. The Morgan fingerprint density at radius 3 is 2.36 bits per heavy atom. The van der Waals surface area contributed by atoms with Crippen LogP contribution in [0.2, 0.25) is 10.0 Å². The molecule has 0 unspecified atom stereocenters. The maximum Gasteiger partial charge on any atom is 0.268 e. The minimum Gasteiger partial charge on any atom is -0.437 e. The molecule has 9 heteroatoms. The van der Waals surface area contributed by atoms with Crippen molar-refractivity contribution in [3.8, 4) is 11.6 Å². The van der Waals surface area contributed by atoms with E-state index >= 15 is 0 Å². The van der Waals surface area contributed by atoms with Gasteiger partial charge in [-0.1, -0.05) is 89.0 Å². The third-order valence-electron chi connectivity index (χ3n) is 6.72. The van der Waals surface area contributed by atoms with Crippen LogP contribution in [0.1, 0.15) is 58.5 Å². The van der Waals surface area contributed by atoms with E-state index in [2.05, 4.69) is 73.5 Å². The van der Waals surface area contributed by atoms with Gasteiger partial charge in [0.25, 0.3) is 5.56 Å². The van der Waals surface area contributed by atoms with E-state index in [4.69, 9.17) is 27.9 Å². The molecule has 0 spiro atoms. The predicted molar refractivity (Wildman–Crippen MR) is 185 cm³/mol. The van der Waals surface area contributed by atoms with E-state index < -0.39 is 0 Å². The second-order valence-corrected chi connectivity index (χ2v) is 14.7. The number of rotatable bonds is 8. The van der Waals surface area contributed by atoms with E-state index in [1.165, 1.54) is 22.5 Å². The number of H-pyrrole nitrogens is 1. The molecule has 2 aromatic carbocycles. The van der Waals surface area contributed by atoms with Crippen LogP contribution in [0.15, 0.2) is 83.1 Å². The van der Waals surface area contributed by atoms with Crippen molar-refractivity contribution in [2.45, 2.75) is 59.9 Å². The van der Waals surface area contributed by atoms with E-state index in [0.717, 1.165) is 35.9 Å². The number of hydrogen-bond acceptors (Lipinski definition) is 6. The summed E-state index contributed by atoms with van der Waals surface area (Å²) in [6.45, 7) is 15.6. The topological polar surface area (TPSA) is 71.1 Å². The molecule has 0 saturated heterocycles. The molecule has 0 aliphatic heterocycles. The molecule has 0 aliphatic rings. The molecule has 5 aromatic rings. The van der Waals surface area contributed by atoms with Gasteiger partial charge in [-0.15, -0.1) is 11.3 Å². The molecule has 3 aromatic heterocycles. The Bertz CT molecular complexity index is 1720. The minimum absolute atomic E-state index is 0.0478. The molecule has 0 amide bonds. The van der Waals surface area contributed by atoms with Crippen molar-refractivity contribution in [3.63, 3.8) is 0 Å². The van der Waals surface area contributed by atoms with Gasteiger partial charge in [0, 0.05) is 30.4 Å². The van der Waals surface area contributed by atoms with Crippen LogP contribution in [0.3, 0.4) is 0 Å². The molecular formula is C35H40Cl2N4O2S. The fraction of sp³-hybridized carbons (Fsp3) is 0.343. The fourth-order valence-electron chi connectivity index (χ4n) is 4.60. The van der Waals surface area contributed by atoms with Crippen molar-refractivity contribution in [3.05, 3.63) is 116 Å². The van der Waals surface area contributed by atoms with Crippen LogP contribution in [-0.2, 0) is 18.4 Å². The Kier molecular flexibility index (Phi) is 11.2. The highest BCUT2D eigenvalue weighted by Gasteiger charge is 2.18. The lowest BCUT2D eigenvalue weighted by molar-refractivity contribution is 0.182. The summed E-state index contributed by atoms with van der Waals surface area (Å²) in [7, 11) is 0. The van der Waals surface area contributed by atoms with Gasteiger partial charge in [0.15, 0.2) is 0 Å². The molecule has 0 saturated carbocycles. The third-order valence-corrected chi connectivity index (χ3v) is 8.18. The monoisotopic (exact) mass is 650 g/mol. The molecule has 0 fully saturated rings. The zero-order valence-corrected chi connectivity index (χ0v) is 28.5. The molecule has 232 valence electrons. The lowest BCUT2D eigenvalue weighted by atomic mass is 9.88. The first kappa shape index (κ1) is 33.7. The number of fused-ring (bicyclic) bond motifs is 1. The lowest BCUT2D eigenvalue weighted by Crippen LogP contribution is -2.35. The first-order valence-corrected chi connectivity index (χ1v) is 16.2. The second kappa shape index (κ2) is 14.7. The number of nitrogens with one attached hydrogen (secondary N) is 1. The third kappa shape index (κ3) is 10.2. The molecule has 6 nitrogen and oxygen atoms in total. The average molecular weight is 652 g/mol. The maximum absolute atomic E-state index is 12.2. The molecule has 5 rings (SSSR count). The number of thiophene rings is 1. The number of pyridine rings is 1. The van der Waals surface area contributed by atoms with E-state index in [1.54, 1.807) is 12.3 Å². The summed E-state index contributed by atoms with van der Waals surface area (Å²) >= 11 is 13.5. The lowest BCUT2D eigenvalue weighted by Gasteiger charge is -2.29. The van der Waals surface area contributed by atoms with Crippen LogP contribution < -0.4 is 10.3 Å². The number of benzene rings is 2. The second-order valence-electron chi connectivity index (χ2n) is 13.0. The molecule has 0 radical (unpaired) electrons. The minimum atomic E-state index is -0.0478. The van der Waals surface area contributed by atoms with Gasteiger partial charge in [-0.3, -0.25) is 9.69 Å². The molecular weight excluding hydrogens is 611 g/mol. The molecule has 0 bridgehead atoms. The van der Waals surface area contributed by atoms with Crippen LogP contribution in [-0.4, -0.2) is 32.9 Å². The van der Waals surface area contributed by atoms with E-state index in [-0.39, 0.29) is 16.4 Å². The zero-order valence-electron chi connectivity index (χ0n) is 26.2. The van der Waals surface area contributed by atoms with Gasteiger partial charge >= 0.3 is 0 Å². The quantitative estimate of drug-likeness (QED) is 0.181. The summed E-state index contributed by atoms with van der Waals surface area (Å²) in [4.78, 5) is 26.4. The largest absolute Gasteiger partial charge is 0.437 e. The summed E-state index contributed by atoms with van der Waals surface area (Å²) in [6, 6.07) is 21.2. The van der Waals surface area contributed by atoms with Gasteiger partial charge in [0.1, 0.15) is 16.3 Å². The van der Waals surface area contributed by atoms with Crippen LogP contribution in [0, 0.1) is 5.41 Å². The van der Waals surface area contributed by atoms with Crippen molar-refractivity contribution < 1.29 is 4.74 Å². The highest BCUT2D eigenvalue weighted by molar-refractivity contribution is 7.17. The number of aromatic amines is 1. The SMILES string of the molecule is CC(C)(C)CN(CCc1ccc(Cl)cc1)Cc1nc2ccsc2c(=O)[nH]1.CC(C)(C)c1ccnc(Oc2ccccc2Cl)c1. The molecule has 0 atom stereocenters. The Labute approximate surface area is 274 Å². The van der Waals surface area contributed by atoms with Crippen LogP contribution in [0.5, 0.6) is 11.6 Å². The summed E-state index contributed by atoms with van der Waals surface area (Å²) in [5, 5.41) is 3.25. The number of halogens is 2. The van der Waals surface area contributed by atoms with Crippen LogP contribution >= 0.6 is 34.5 Å². The van der Waals surface area contributed by atoms with E-state index in [1.807, 2.05) is 53.9 Å². The number of aromatic nitrogens is 3. The Morgan fingerprint density at radius 2 is 1.68 bits per heavy atom. The smallest absolute Gasteiger partial charge is 0.268 e. The van der Waals surface area contributed by atoms with Gasteiger partial charge in [0.2, 0.25) is 5.88 Å². The van der Waals surface area contributed by atoms with E-state index in [9.17, 15) is 4.79 Å². The average Bonchev–Trinajstić information content (AvgIpc) is 3.43. The predicted octanol–water partition coefficient (Wildman–Crippen LogP) is 9.55. The maximum atomic E-state index is 12.2. The Morgan fingerprint density at radius 1 is 0.955 bits per heavy atom. The van der Waals surface area contributed by atoms with Gasteiger partial charge < -0.3 is 9.72 Å². The van der Waals surface area contributed by atoms with Crippen molar-refractivity contribution in [1.29, 1.82) is 0 Å². The van der Waals surface area contributed by atoms with Crippen molar-refractivity contribution in [1.82, 2.24) is 19.9 Å². The summed E-state index contributed by atoms with van der Waals surface area (Å²) in [5.74, 6) is 1.91. The fourth-order valence-corrected chi connectivity index (χ4v) is 5.63. The molecule has 1 N–H and O–H groups in total. The highest BCUT2D eigenvalue weighted by atomic mass is 35.5. The standard InChI is InChI=1S/C20H24ClN3OS.C15H16ClNO/c1-20(2,3)13-24(10-8-14-4-6-15(21)7-5-14)12-17-22-16-9-11-26-18(16)19(25)23-17;1-15(2,3)11-8-9-17-14(10-11)18-13-7-5-4-6-12(13)16/h4-7,9,11H,8,10,12-13H2,1-3H3,(H,22,23,25);4-10H,1-3H3. The zero-order chi connectivity index (χ0) is 31.9. The first-order valence-electron chi connectivity index (χ1n) is 14.6. The molecule has 3 heterocycles. The van der Waals surface area contributed by atoms with Gasteiger partial charge in [-0.05, 0) is 70.2 Å². The van der Waals surface area contributed by atoms with Crippen LogP contribution in [0.25, 0.3) is 10.2 Å². The Hall–Kier alpha value is -3.23. The summed E-state index contributed by atoms with van der Waals surface area (Å²) in [5.41, 5.74) is 3.40. The number of ether oxygens (including phenoxy) is 1. The molecule has 0 aliphatic carbocycles. The van der Waals surface area contributed by atoms with Gasteiger partial charge in [-0.25, -0.2) is 9.97 Å².